The van der Waals surface area contributed by atoms with Gasteiger partial charge in [-0.15, -0.1) is 0 Å². The van der Waals surface area contributed by atoms with Crippen LogP contribution in [0.25, 0.3) is 0 Å². The van der Waals surface area contributed by atoms with Crippen molar-refractivity contribution in [3.05, 3.63) is 0 Å². The van der Waals surface area contributed by atoms with E-state index in [1.54, 1.807) is 0 Å². The fourth-order valence-corrected chi connectivity index (χ4v) is 0.585. The molecule has 20 heavy (non-hydrogen) atoms. The Bertz CT molecular complexity index is 341. The Morgan fingerprint density at radius 3 is 1.20 bits per heavy atom. The number of hydrogen-bond acceptors (Lipinski definition) is 1. The molecule has 0 atom stereocenters. The lowest BCUT2D eigenvalue weighted by Gasteiger charge is -2.32. The molecule has 0 aromatic heterocycles. The van der Waals surface area contributed by atoms with Gasteiger partial charge in [0.2, 0.25) is 0 Å². The SMILES string of the molecule is FC(F)C(F)(F)C(F)(F)OC(F)(F)C(F)(F)C(F)(F)F. The Morgan fingerprint density at radius 2 is 0.950 bits per heavy atom. The molecule has 0 rings (SSSR count). The highest BCUT2D eigenvalue weighted by Gasteiger charge is 2.79. The zero-order valence-electron chi connectivity index (χ0n) is 8.40. The molecule has 122 valence electrons. The van der Waals surface area contributed by atoms with E-state index in [2.05, 4.69) is 0 Å². The van der Waals surface area contributed by atoms with Crippen LogP contribution in [-0.2, 0) is 4.74 Å². The van der Waals surface area contributed by atoms with Crippen molar-refractivity contribution < 1.29 is 61.8 Å². The van der Waals surface area contributed by atoms with Crippen LogP contribution in [0.15, 0.2) is 0 Å². The first-order valence-electron chi connectivity index (χ1n) is 3.96. The fourth-order valence-electron chi connectivity index (χ4n) is 0.585. The molecule has 0 aliphatic heterocycles. The molecule has 0 saturated carbocycles. The average Bonchev–Trinajstić information content (AvgIpc) is 2.12. The Labute approximate surface area is 99.8 Å². The Morgan fingerprint density at radius 1 is 0.600 bits per heavy atom. The molecule has 0 radical (unpaired) electrons. The van der Waals surface area contributed by atoms with E-state index in [9.17, 15) is 57.1 Å². The van der Waals surface area contributed by atoms with E-state index in [1.807, 2.05) is 0 Å². The van der Waals surface area contributed by atoms with Crippen LogP contribution in [0.3, 0.4) is 0 Å². The zero-order chi connectivity index (χ0) is 16.8. The van der Waals surface area contributed by atoms with Gasteiger partial charge < -0.3 is 0 Å². The number of ether oxygens (including phenoxy) is 1. The van der Waals surface area contributed by atoms with Crippen molar-refractivity contribution in [2.75, 3.05) is 0 Å². The van der Waals surface area contributed by atoms with Crippen LogP contribution >= 0.6 is 0 Å². The van der Waals surface area contributed by atoms with E-state index < -0.39 is 36.7 Å². The number of rotatable bonds is 5. The second-order valence-corrected chi connectivity index (χ2v) is 3.13. The lowest BCUT2D eigenvalue weighted by Crippen LogP contribution is -2.59. The van der Waals surface area contributed by atoms with Crippen LogP contribution in [0.2, 0.25) is 0 Å². The number of hydrogen-bond donors (Lipinski definition) is 0. The molecular weight excluding hydrogens is 335 g/mol. The molecule has 0 aromatic carbocycles. The second kappa shape index (κ2) is 4.80. The van der Waals surface area contributed by atoms with E-state index >= 15 is 0 Å². The third-order valence-electron chi connectivity index (χ3n) is 1.64. The van der Waals surface area contributed by atoms with Gasteiger partial charge in [-0.25, -0.2) is 13.5 Å². The minimum atomic E-state index is -7.32. The van der Waals surface area contributed by atoms with Crippen molar-refractivity contribution in [3.8, 4) is 0 Å². The van der Waals surface area contributed by atoms with Gasteiger partial charge in [-0.05, 0) is 0 Å². The minimum Gasteiger partial charge on any atom is -0.245 e. The smallest absolute Gasteiger partial charge is 0.245 e. The van der Waals surface area contributed by atoms with Gasteiger partial charge in [0.05, 0.1) is 0 Å². The van der Waals surface area contributed by atoms with Crippen molar-refractivity contribution in [2.24, 2.45) is 0 Å². The summed E-state index contributed by atoms with van der Waals surface area (Å²) in [4.78, 5) is 0. The first kappa shape index (κ1) is 19.1. The third-order valence-corrected chi connectivity index (χ3v) is 1.64. The molecule has 1 nitrogen and oxygen atoms in total. The highest BCUT2D eigenvalue weighted by Crippen LogP contribution is 2.51. The van der Waals surface area contributed by atoms with Gasteiger partial charge in [-0.3, -0.25) is 0 Å². The summed E-state index contributed by atoms with van der Waals surface area (Å²) in [5.74, 6) is -14.0. The number of alkyl halides is 13. The predicted molar refractivity (Wildman–Crippen MR) is 32.9 cm³/mol. The van der Waals surface area contributed by atoms with Crippen molar-refractivity contribution in [2.45, 2.75) is 36.7 Å². The lowest BCUT2D eigenvalue weighted by atomic mass is 10.3. The van der Waals surface area contributed by atoms with Crippen molar-refractivity contribution in [1.29, 1.82) is 0 Å². The van der Waals surface area contributed by atoms with Crippen LogP contribution in [0.1, 0.15) is 0 Å². The molecule has 0 fully saturated rings. The summed E-state index contributed by atoms with van der Waals surface area (Å²) in [5, 5.41) is 0. The van der Waals surface area contributed by atoms with Gasteiger partial charge in [0.15, 0.2) is 0 Å². The predicted octanol–water partition coefficient (Wildman–Crippen LogP) is 4.29. The van der Waals surface area contributed by atoms with Gasteiger partial charge in [0.1, 0.15) is 0 Å². The molecule has 0 spiro atoms. The van der Waals surface area contributed by atoms with Crippen molar-refractivity contribution >= 4 is 0 Å². The Hall–Kier alpha value is -0.950. The van der Waals surface area contributed by atoms with Gasteiger partial charge >= 0.3 is 36.7 Å². The molecule has 0 heterocycles. The average molecular weight is 336 g/mol. The maximum Gasteiger partial charge on any atom is 0.462 e. The summed E-state index contributed by atoms with van der Waals surface area (Å²) in [7, 11) is 0. The van der Waals surface area contributed by atoms with Gasteiger partial charge in [-0.1, -0.05) is 0 Å². The van der Waals surface area contributed by atoms with Crippen molar-refractivity contribution in [3.63, 3.8) is 0 Å². The third kappa shape index (κ3) is 3.03. The van der Waals surface area contributed by atoms with Crippen LogP contribution in [0.5, 0.6) is 0 Å². The molecule has 0 saturated heterocycles. The highest BCUT2D eigenvalue weighted by atomic mass is 19.4. The van der Waals surface area contributed by atoms with Crippen molar-refractivity contribution in [1.82, 2.24) is 0 Å². The quantitative estimate of drug-likeness (QED) is 0.681. The first-order valence-corrected chi connectivity index (χ1v) is 3.96. The summed E-state index contributed by atoms with van der Waals surface area (Å²) in [5.41, 5.74) is 0. The number of halogens is 13. The van der Waals surface area contributed by atoms with E-state index in [-0.39, 0.29) is 0 Å². The maximum absolute atomic E-state index is 12.2. The first-order chi connectivity index (χ1) is 8.40. The topological polar surface area (TPSA) is 9.23 Å². The summed E-state index contributed by atoms with van der Waals surface area (Å²) < 4.78 is 156. The minimum absolute atomic E-state index is 1.38. The van der Waals surface area contributed by atoms with E-state index in [1.165, 1.54) is 4.74 Å². The zero-order valence-corrected chi connectivity index (χ0v) is 8.40. The highest BCUT2D eigenvalue weighted by molar-refractivity contribution is 4.89. The van der Waals surface area contributed by atoms with Crippen LogP contribution in [0.4, 0.5) is 57.1 Å². The Balaban J connectivity index is 5.50. The van der Waals surface area contributed by atoms with Gasteiger partial charge in [0.25, 0.3) is 0 Å². The summed E-state index contributed by atoms with van der Waals surface area (Å²) in [6.07, 6.45) is -26.7. The van der Waals surface area contributed by atoms with Crippen LogP contribution in [-0.4, -0.2) is 36.7 Å². The van der Waals surface area contributed by atoms with E-state index in [4.69, 9.17) is 0 Å². The van der Waals surface area contributed by atoms with E-state index in [0.717, 1.165) is 0 Å². The summed E-state index contributed by atoms with van der Waals surface area (Å²) >= 11 is 0. The molecule has 0 aliphatic rings. The summed E-state index contributed by atoms with van der Waals surface area (Å²) in [6.45, 7) is 0. The molecular formula is C6HF13O. The maximum atomic E-state index is 12.2. The van der Waals surface area contributed by atoms with E-state index in [0.29, 0.717) is 0 Å². The molecule has 0 N–H and O–H groups in total. The molecule has 0 unspecified atom stereocenters. The standard InChI is InChI=1S/C6HF13O/c7-1(8)2(9,10)5(16,17)20-6(18,19)3(11,12)4(13,14)15/h1H. The van der Waals surface area contributed by atoms with Crippen LogP contribution in [0, 0.1) is 0 Å². The largest absolute Gasteiger partial charge is 0.462 e. The molecule has 0 amide bonds. The van der Waals surface area contributed by atoms with Gasteiger partial charge in [-0.2, -0.15) is 48.3 Å². The van der Waals surface area contributed by atoms with Crippen LogP contribution < -0.4 is 0 Å². The normalized spacial score (nSPS) is 15.9. The molecule has 0 aromatic rings. The molecule has 0 aliphatic carbocycles. The van der Waals surface area contributed by atoms with Gasteiger partial charge in [0, 0.05) is 0 Å². The second-order valence-electron chi connectivity index (χ2n) is 3.13. The lowest BCUT2D eigenvalue weighted by molar-refractivity contribution is -0.501. The summed E-state index contributed by atoms with van der Waals surface area (Å²) in [6, 6.07) is 0. The monoisotopic (exact) mass is 336 g/mol. The molecule has 0 bridgehead atoms. The molecule has 14 heteroatoms. The fraction of sp³-hybridized carbons (Fsp3) is 1.00. The Kier molecular flexibility index (Phi) is 4.58.